The molecule has 0 radical (unpaired) electrons. The van der Waals surface area contributed by atoms with Crippen LogP contribution >= 0.6 is 0 Å². The van der Waals surface area contributed by atoms with Crippen molar-refractivity contribution in [2.45, 2.75) is 32.4 Å². The predicted molar refractivity (Wildman–Crippen MR) is 52.3 cm³/mol. The molecule has 1 heterocycles. The molecule has 1 aliphatic rings. The molecule has 0 spiro atoms. The van der Waals surface area contributed by atoms with Crippen molar-refractivity contribution in [1.29, 1.82) is 0 Å². The average Bonchev–Trinajstić information content (AvgIpc) is 1.94. The number of rotatable bonds is 2. The standard InChI is InChI=1S/C9H19N3O/c1-7-4-11-8(13)5-12(7)6-9(2,3)10/h7H,4-6,10H2,1-3H3,(H,11,13). The van der Waals surface area contributed by atoms with Gasteiger partial charge in [-0.3, -0.25) is 9.69 Å². The van der Waals surface area contributed by atoms with Gasteiger partial charge in [0.25, 0.3) is 0 Å². The lowest BCUT2D eigenvalue weighted by molar-refractivity contribution is -0.125. The third-order valence-corrected chi connectivity index (χ3v) is 2.18. The number of nitrogens with one attached hydrogen (secondary N) is 1. The summed E-state index contributed by atoms with van der Waals surface area (Å²) < 4.78 is 0. The molecule has 3 N–H and O–H groups in total. The van der Waals surface area contributed by atoms with E-state index in [0.717, 1.165) is 13.1 Å². The van der Waals surface area contributed by atoms with Crippen molar-refractivity contribution in [1.82, 2.24) is 10.2 Å². The first-order valence-electron chi connectivity index (χ1n) is 4.68. The van der Waals surface area contributed by atoms with Gasteiger partial charge in [0.2, 0.25) is 5.91 Å². The van der Waals surface area contributed by atoms with Crippen LogP contribution in [0.2, 0.25) is 0 Å². The second-order valence-electron chi connectivity index (χ2n) is 4.55. The monoisotopic (exact) mass is 185 g/mol. The van der Waals surface area contributed by atoms with E-state index >= 15 is 0 Å². The maximum Gasteiger partial charge on any atom is 0.234 e. The summed E-state index contributed by atoms with van der Waals surface area (Å²) in [5, 5.41) is 2.83. The third-order valence-electron chi connectivity index (χ3n) is 2.18. The van der Waals surface area contributed by atoms with Crippen LogP contribution in [0.1, 0.15) is 20.8 Å². The minimum atomic E-state index is -0.230. The van der Waals surface area contributed by atoms with Crippen LogP contribution in [-0.2, 0) is 4.79 Å². The van der Waals surface area contributed by atoms with Crippen molar-refractivity contribution in [3.8, 4) is 0 Å². The van der Waals surface area contributed by atoms with E-state index in [0.29, 0.717) is 12.6 Å². The fraction of sp³-hybridized carbons (Fsp3) is 0.889. The Hall–Kier alpha value is -0.610. The van der Waals surface area contributed by atoms with Gasteiger partial charge < -0.3 is 11.1 Å². The van der Waals surface area contributed by atoms with Gasteiger partial charge in [-0.25, -0.2) is 0 Å². The summed E-state index contributed by atoms with van der Waals surface area (Å²) in [6.07, 6.45) is 0. The van der Waals surface area contributed by atoms with Gasteiger partial charge in [-0.2, -0.15) is 0 Å². The van der Waals surface area contributed by atoms with Crippen molar-refractivity contribution in [3.63, 3.8) is 0 Å². The van der Waals surface area contributed by atoms with Gasteiger partial charge in [0.15, 0.2) is 0 Å². The smallest absolute Gasteiger partial charge is 0.234 e. The minimum absolute atomic E-state index is 0.0994. The molecule has 13 heavy (non-hydrogen) atoms. The van der Waals surface area contributed by atoms with Gasteiger partial charge in [-0.1, -0.05) is 0 Å². The molecule has 1 aliphatic heterocycles. The Balaban J connectivity index is 2.51. The summed E-state index contributed by atoms with van der Waals surface area (Å²) in [6.45, 7) is 8.03. The van der Waals surface area contributed by atoms with Crippen molar-refractivity contribution >= 4 is 5.91 Å². The van der Waals surface area contributed by atoms with E-state index < -0.39 is 0 Å². The van der Waals surface area contributed by atoms with E-state index in [9.17, 15) is 4.79 Å². The van der Waals surface area contributed by atoms with Crippen molar-refractivity contribution in [2.75, 3.05) is 19.6 Å². The molecule has 1 amide bonds. The predicted octanol–water partition coefficient (Wildman–Crippen LogP) is -0.456. The number of amides is 1. The number of piperazine rings is 1. The SMILES string of the molecule is CC1CNC(=O)CN1CC(C)(C)N. The van der Waals surface area contributed by atoms with Crippen LogP contribution in [0.25, 0.3) is 0 Å². The summed E-state index contributed by atoms with van der Waals surface area (Å²) >= 11 is 0. The highest BCUT2D eigenvalue weighted by molar-refractivity contribution is 5.78. The number of carbonyl (C=O) groups excluding carboxylic acids is 1. The fourth-order valence-corrected chi connectivity index (χ4v) is 1.52. The summed E-state index contributed by atoms with van der Waals surface area (Å²) in [7, 11) is 0. The molecule has 0 aromatic carbocycles. The molecule has 1 saturated heterocycles. The normalized spacial score (nSPS) is 25.8. The second-order valence-corrected chi connectivity index (χ2v) is 4.55. The lowest BCUT2D eigenvalue weighted by atomic mass is 10.0. The summed E-state index contributed by atoms with van der Waals surface area (Å²) in [6, 6.07) is 0.389. The van der Waals surface area contributed by atoms with Crippen LogP contribution in [0.5, 0.6) is 0 Å². The Morgan fingerprint density at radius 1 is 1.69 bits per heavy atom. The van der Waals surface area contributed by atoms with Crippen LogP contribution in [0.4, 0.5) is 0 Å². The summed E-state index contributed by atoms with van der Waals surface area (Å²) in [5.41, 5.74) is 5.67. The molecule has 1 rings (SSSR count). The zero-order valence-electron chi connectivity index (χ0n) is 8.63. The van der Waals surface area contributed by atoms with Crippen LogP contribution in [0.3, 0.4) is 0 Å². The highest BCUT2D eigenvalue weighted by Gasteiger charge is 2.26. The van der Waals surface area contributed by atoms with Gasteiger partial charge in [-0.05, 0) is 20.8 Å². The number of hydrogen-bond acceptors (Lipinski definition) is 3. The fourth-order valence-electron chi connectivity index (χ4n) is 1.52. The number of hydrogen-bond donors (Lipinski definition) is 2. The molecule has 1 atom stereocenters. The maximum atomic E-state index is 11.1. The van der Waals surface area contributed by atoms with E-state index in [1.54, 1.807) is 0 Å². The number of nitrogens with two attached hydrogens (primary N) is 1. The number of nitrogens with zero attached hydrogens (tertiary/aromatic N) is 1. The molecule has 4 heteroatoms. The molecule has 4 nitrogen and oxygen atoms in total. The highest BCUT2D eigenvalue weighted by Crippen LogP contribution is 2.08. The molecule has 0 aromatic heterocycles. The first kappa shape index (κ1) is 10.5. The lowest BCUT2D eigenvalue weighted by Gasteiger charge is -2.37. The molecule has 0 saturated carbocycles. The van der Waals surface area contributed by atoms with Gasteiger partial charge in [-0.15, -0.1) is 0 Å². The van der Waals surface area contributed by atoms with E-state index in [1.165, 1.54) is 0 Å². The average molecular weight is 185 g/mol. The second kappa shape index (κ2) is 3.64. The van der Waals surface area contributed by atoms with Gasteiger partial charge >= 0.3 is 0 Å². The molecule has 0 bridgehead atoms. The minimum Gasteiger partial charge on any atom is -0.353 e. The third kappa shape index (κ3) is 3.32. The molecule has 0 aliphatic carbocycles. The molecule has 1 unspecified atom stereocenters. The maximum absolute atomic E-state index is 11.1. The van der Waals surface area contributed by atoms with E-state index in [-0.39, 0.29) is 11.4 Å². The van der Waals surface area contributed by atoms with E-state index in [4.69, 9.17) is 5.73 Å². The van der Waals surface area contributed by atoms with Gasteiger partial charge in [0.05, 0.1) is 6.54 Å². The molecule has 76 valence electrons. The Labute approximate surface area is 79.5 Å². The lowest BCUT2D eigenvalue weighted by Crippen LogP contribution is -2.57. The topological polar surface area (TPSA) is 58.4 Å². The van der Waals surface area contributed by atoms with Crippen LogP contribution in [0.15, 0.2) is 0 Å². The highest BCUT2D eigenvalue weighted by atomic mass is 16.2. The Bertz CT molecular complexity index is 198. The van der Waals surface area contributed by atoms with Crippen LogP contribution < -0.4 is 11.1 Å². The van der Waals surface area contributed by atoms with E-state index in [1.807, 2.05) is 13.8 Å². The Kier molecular flexibility index (Phi) is 2.93. The number of carbonyl (C=O) groups is 1. The zero-order valence-corrected chi connectivity index (χ0v) is 8.63. The van der Waals surface area contributed by atoms with E-state index in [2.05, 4.69) is 17.1 Å². The Morgan fingerprint density at radius 2 is 2.31 bits per heavy atom. The van der Waals surface area contributed by atoms with Crippen molar-refractivity contribution < 1.29 is 4.79 Å². The summed E-state index contributed by atoms with van der Waals surface area (Å²) in [5.74, 6) is 0.0994. The largest absolute Gasteiger partial charge is 0.353 e. The molecular formula is C9H19N3O. The van der Waals surface area contributed by atoms with Crippen molar-refractivity contribution in [3.05, 3.63) is 0 Å². The first-order valence-corrected chi connectivity index (χ1v) is 4.68. The summed E-state index contributed by atoms with van der Waals surface area (Å²) in [4.78, 5) is 13.2. The first-order chi connectivity index (χ1) is 5.88. The quantitative estimate of drug-likeness (QED) is 0.612. The van der Waals surface area contributed by atoms with Crippen molar-refractivity contribution in [2.24, 2.45) is 5.73 Å². The van der Waals surface area contributed by atoms with Gasteiger partial charge in [0.1, 0.15) is 0 Å². The van der Waals surface area contributed by atoms with Crippen LogP contribution in [-0.4, -0.2) is 42.0 Å². The molecule has 1 fully saturated rings. The van der Waals surface area contributed by atoms with Crippen LogP contribution in [0, 0.1) is 0 Å². The Morgan fingerprint density at radius 3 is 2.85 bits per heavy atom. The molecular weight excluding hydrogens is 166 g/mol. The molecule has 0 aromatic rings. The zero-order chi connectivity index (χ0) is 10.1. The van der Waals surface area contributed by atoms with Gasteiger partial charge in [0, 0.05) is 24.7 Å².